The Morgan fingerprint density at radius 3 is 2.61 bits per heavy atom. The van der Waals surface area contributed by atoms with Crippen LogP contribution in [0.25, 0.3) is 0 Å². The van der Waals surface area contributed by atoms with Crippen molar-refractivity contribution in [3.8, 4) is 11.5 Å². The van der Waals surface area contributed by atoms with E-state index in [1.54, 1.807) is 26.2 Å². The number of hydrazone groups is 1. The van der Waals surface area contributed by atoms with Crippen LogP contribution in [0, 0.1) is 6.92 Å². The van der Waals surface area contributed by atoms with Crippen LogP contribution in [0.2, 0.25) is 0 Å². The molecule has 23 heavy (non-hydrogen) atoms. The van der Waals surface area contributed by atoms with Crippen LogP contribution in [0.3, 0.4) is 0 Å². The molecule has 0 heterocycles. The molecule has 2 rings (SSSR count). The molecule has 0 saturated heterocycles. The SMILES string of the molecule is COc1ccc(/C(C)=N/NC(=S)Nc2ccccc2C)c(O)c1. The predicted molar refractivity (Wildman–Crippen MR) is 97.4 cm³/mol. The van der Waals surface area contributed by atoms with E-state index in [0.29, 0.717) is 22.1 Å². The molecule has 0 aromatic heterocycles. The van der Waals surface area contributed by atoms with E-state index in [1.165, 1.54) is 6.07 Å². The zero-order valence-corrected chi connectivity index (χ0v) is 14.1. The second kappa shape index (κ2) is 7.60. The fourth-order valence-electron chi connectivity index (χ4n) is 2.00. The third-order valence-electron chi connectivity index (χ3n) is 3.31. The lowest BCUT2D eigenvalue weighted by Gasteiger charge is -2.11. The molecular weight excluding hydrogens is 310 g/mol. The van der Waals surface area contributed by atoms with Crippen molar-refractivity contribution in [2.75, 3.05) is 12.4 Å². The van der Waals surface area contributed by atoms with E-state index in [0.717, 1.165) is 11.3 Å². The minimum atomic E-state index is 0.102. The van der Waals surface area contributed by atoms with Crippen molar-refractivity contribution in [2.45, 2.75) is 13.8 Å². The molecule has 0 fully saturated rings. The first-order valence-electron chi connectivity index (χ1n) is 7.05. The topological polar surface area (TPSA) is 65.9 Å². The van der Waals surface area contributed by atoms with Crippen molar-refractivity contribution < 1.29 is 9.84 Å². The Hall–Kier alpha value is -2.60. The van der Waals surface area contributed by atoms with E-state index in [9.17, 15) is 5.11 Å². The highest BCUT2D eigenvalue weighted by Gasteiger charge is 2.07. The molecule has 0 amide bonds. The van der Waals surface area contributed by atoms with Gasteiger partial charge in [0.15, 0.2) is 5.11 Å². The van der Waals surface area contributed by atoms with Crippen molar-refractivity contribution in [1.29, 1.82) is 0 Å². The number of nitrogens with one attached hydrogen (secondary N) is 2. The van der Waals surface area contributed by atoms with Crippen LogP contribution in [-0.4, -0.2) is 23.0 Å². The minimum absolute atomic E-state index is 0.102. The summed E-state index contributed by atoms with van der Waals surface area (Å²) in [7, 11) is 1.55. The number of rotatable bonds is 4. The number of aromatic hydroxyl groups is 1. The van der Waals surface area contributed by atoms with E-state index in [1.807, 2.05) is 31.2 Å². The largest absolute Gasteiger partial charge is 0.507 e. The molecule has 120 valence electrons. The Balaban J connectivity index is 2.04. The lowest BCUT2D eigenvalue weighted by Crippen LogP contribution is -2.25. The average Bonchev–Trinajstić information content (AvgIpc) is 2.54. The van der Waals surface area contributed by atoms with Crippen LogP contribution >= 0.6 is 12.2 Å². The number of benzene rings is 2. The standard InChI is InChI=1S/C17H19N3O2S/c1-11-6-4-5-7-15(11)18-17(23)20-19-12(2)14-9-8-13(22-3)10-16(14)21/h4-10,21H,1-3H3,(H2,18,20,23)/b19-12+. The Kier molecular flexibility index (Phi) is 5.54. The number of para-hydroxylation sites is 1. The Labute approximate surface area is 141 Å². The molecule has 5 nitrogen and oxygen atoms in total. The molecular formula is C17H19N3O2S. The second-order valence-corrected chi connectivity index (χ2v) is 5.37. The van der Waals surface area contributed by atoms with Gasteiger partial charge in [-0.25, -0.2) is 0 Å². The average molecular weight is 329 g/mol. The summed E-state index contributed by atoms with van der Waals surface area (Å²) in [5.41, 5.74) is 6.01. The molecule has 0 bridgehead atoms. The van der Waals surface area contributed by atoms with Gasteiger partial charge in [-0.05, 0) is 49.8 Å². The number of phenols is 1. The molecule has 0 aliphatic heterocycles. The number of thiocarbonyl (C=S) groups is 1. The number of anilines is 1. The van der Waals surface area contributed by atoms with Crippen molar-refractivity contribution in [1.82, 2.24) is 5.43 Å². The summed E-state index contributed by atoms with van der Waals surface area (Å²) >= 11 is 5.22. The molecule has 0 spiro atoms. The Morgan fingerprint density at radius 1 is 1.22 bits per heavy atom. The summed E-state index contributed by atoms with van der Waals surface area (Å²) in [5, 5.41) is 17.7. The molecule has 0 unspecified atom stereocenters. The monoisotopic (exact) mass is 329 g/mol. The molecule has 2 aromatic rings. The quantitative estimate of drug-likeness (QED) is 0.456. The molecule has 0 radical (unpaired) electrons. The van der Waals surface area contributed by atoms with E-state index in [2.05, 4.69) is 15.8 Å². The second-order valence-electron chi connectivity index (χ2n) is 4.96. The predicted octanol–water partition coefficient (Wildman–Crippen LogP) is 3.42. The first kappa shape index (κ1) is 16.8. The third-order valence-corrected chi connectivity index (χ3v) is 3.51. The first-order chi connectivity index (χ1) is 11.0. The summed E-state index contributed by atoms with van der Waals surface area (Å²) < 4.78 is 5.06. The van der Waals surface area contributed by atoms with Crippen molar-refractivity contribution in [3.05, 3.63) is 53.6 Å². The van der Waals surface area contributed by atoms with Gasteiger partial charge in [0.1, 0.15) is 11.5 Å². The van der Waals surface area contributed by atoms with E-state index in [4.69, 9.17) is 17.0 Å². The van der Waals surface area contributed by atoms with Crippen LogP contribution in [0.1, 0.15) is 18.1 Å². The zero-order chi connectivity index (χ0) is 16.8. The first-order valence-corrected chi connectivity index (χ1v) is 7.46. The van der Waals surface area contributed by atoms with Crippen molar-refractivity contribution in [2.24, 2.45) is 5.10 Å². The number of methoxy groups -OCH3 is 1. The number of hydrogen-bond acceptors (Lipinski definition) is 4. The van der Waals surface area contributed by atoms with Crippen LogP contribution in [0.5, 0.6) is 11.5 Å². The molecule has 6 heteroatoms. The Morgan fingerprint density at radius 2 is 1.96 bits per heavy atom. The van der Waals surface area contributed by atoms with Gasteiger partial charge in [-0.2, -0.15) is 5.10 Å². The normalized spacial score (nSPS) is 11.0. The molecule has 0 aliphatic carbocycles. The van der Waals surface area contributed by atoms with Gasteiger partial charge < -0.3 is 15.2 Å². The van der Waals surface area contributed by atoms with Gasteiger partial charge in [0.05, 0.1) is 12.8 Å². The maximum Gasteiger partial charge on any atom is 0.191 e. The van der Waals surface area contributed by atoms with E-state index >= 15 is 0 Å². The third kappa shape index (κ3) is 4.43. The number of hydrogen-bond donors (Lipinski definition) is 3. The van der Waals surface area contributed by atoms with Gasteiger partial charge in [0.25, 0.3) is 0 Å². The zero-order valence-electron chi connectivity index (χ0n) is 13.3. The summed E-state index contributed by atoms with van der Waals surface area (Å²) in [6, 6.07) is 12.9. The molecule has 0 aliphatic rings. The number of aryl methyl sites for hydroxylation is 1. The van der Waals surface area contributed by atoms with Gasteiger partial charge in [-0.3, -0.25) is 5.43 Å². The van der Waals surface area contributed by atoms with Gasteiger partial charge in [0, 0.05) is 17.3 Å². The molecule has 0 saturated carbocycles. The number of phenolic OH excluding ortho intramolecular Hbond substituents is 1. The highest BCUT2D eigenvalue weighted by molar-refractivity contribution is 7.80. The van der Waals surface area contributed by atoms with E-state index in [-0.39, 0.29) is 5.75 Å². The van der Waals surface area contributed by atoms with Gasteiger partial charge in [0.2, 0.25) is 0 Å². The minimum Gasteiger partial charge on any atom is -0.507 e. The smallest absolute Gasteiger partial charge is 0.191 e. The number of nitrogens with zero attached hydrogens (tertiary/aromatic N) is 1. The Bertz CT molecular complexity index is 744. The maximum absolute atomic E-state index is 9.99. The van der Waals surface area contributed by atoms with Crippen LogP contribution in [0.4, 0.5) is 5.69 Å². The van der Waals surface area contributed by atoms with Crippen LogP contribution < -0.4 is 15.5 Å². The summed E-state index contributed by atoms with van der Waals surface area (Å²) in [4.78, 5) is 0. The maximum atomic E-state index is 9.99. The molecule has 2 aromatic carbocycles. The van der Waals surface area contributed by atoms with Crippen LogP contribution in [0.15, 0.2) is 47.6 Å². The highest BCUT2D eigenvalue weighted by atomic mass is 32.1. The molecule has 0 atom stereocenters. The van der Waals surface area contributed by atoms with Crippen LogP contribution in [-0.2, 0) is 0 Å². The summed E-state index contributed by atoms with van der Waals surface area (Å²) in [5.74, 6) is 0.689. The van der Waals surface area contributed by atoms with Gasteiger partial charge in [-0.15, -0.1) is 0 Å². The van der Waals surface area contributed by atoms with Crippen molar-refractivity contribution >= 4 is 28.7 Å². The fourth-order valence-corrected chi connectivity index (χ4v) is 2.16. The van der Waals surface area contributed by atoms with Gasteiger partial charge >= 0.3 is 0 Å². The van der Waals surface area contributed by atoms with Crippen molar-refractivity contribution in [3.63, 3.8) is 0 Å². The lowest BCUT2D eigenvalue weighted by molar-refractivity contribution is 0.407. The van der Waals surface area contributed by atoms with Gasteiger partial charge in [-0.1, -0.05) is 18.2 Å². The number of ether oxygens (including phenoxy) is 1. The van der Waals surface area contributed by atoms with E-state index < -0.39 is 0 Å². The fraction of sp³-hybridized carbons (Fsp3) is 0.176. The summed E-state index contributed by atoms with van der Waals surface area (Å²) in [6.45, 7) is 3.78. The lowest BCUT2D eigenvalue weighted by atomic mass is 10.1. The highest BCUT2D eigenvalue weighted by Crippen LogP contribution is 2.23. The molecule has 3 N–H and O–H groups in total. The summed E-state index contributed by atoms with van der Waals surface area (Å²) in [6.07, 6.45) is 0.